The van der Waals surface area contributed by atoms with Gasteiger partial charge in [-0.1, -0.05) is 0 Å². The van der Waals surface area contributed by atoms with Gasteiger partial charge in [-0.2, -0.15) is 0 Å². The van der Waals surface area contributed by atoms with E-state index < -0.39 is 0 Å². The molecule has 1 aliphatic rings. The fraction of sp³-hybridized carbons (Fsp3) is 0.344. The van der Waals surface area contributed by atoms with Crippen molar-refractivity contribution in [3.8, 4) is 46.0 Å². The first kappa shape index (κ1) is 30.2. The quantitative estimate of drug-likeness (QED) is 0.315. The van der Waals surface area contributed by atoms with Crippen molar-refractivity contribution in [2.75, 3.05) is 63.4 Å². The van der Waals surface area contributed by atoms with E-state index in [4.69, 9.17) is 37.9 Å². The molecular weight excluding hydrogens is 542 g/mol. The van der Waals surface area contributed by atoms with Crippen LogP contribution in [-0.4, -0.2) is 74.2 Å². The summed E-state index contributed by atoms with van der Waals surface area (Å²) in [6.07, 6.45) is 2.66. The van der Waals surface area contributed by atoms with E-state index in [0.29, 0.717) is 64.7 Å². The lowest BCUT2D eigenvalue weighted by Crippen LogP contribution is -2.36. The Morgan fingerprint density at radius 3 is 1.60 bits per heavy atom. The minimum atomic E-state index is -0.108. The molecule has 224 valence electrons. The SMILES string of the molecule is COc1cc2c(cc1OC)/C(=C/c1cc(OC)c(OC)c(OC)c1)N(C(=O)Cc1cc(OC)c(OC)c(OC)c1)CC2. The molecule has 10 nitrogen and oxygen atoms in total. The highest BCUT2D eigenvalue weighted by atomic mass is 16.5. The first-order valence-electron chi connectivity index (χ1n) is 13.2. The van der Waals surface area contributed by atoms with Crippen LogP contribution in [0.15, 0.2) is 36.4 Å². The molecule has 3 aromatic rings. The third-order valence-corrected chi connectivity index (χ3v) is 7.15. The van der Waals surface area contributed by atoms with Crippen molar-refractivity contribution in [2.24, 2.45) is 0 Å². The lowest BCUT2D eigenvalue weighted by Gasteiger charge is -2.33. The molecule has 1 heterocycles. The van der Waals surface area contributed by atoms with Gasteiger partial charge in [-0.3, -0.25) is 4.79 Å². The molecule has 0 radical (unpaired) electrons. The van der Waals surface area contributed by atoms with Gasteiger partial charge in [-0.25, -0.2) is 0 Å². The summed E-state index contributed by atoms with van der Waals surface area (Å²) in [5.41, 5.74) is 4.06. The van der Waals surface area contributed by atoms with Crippen molar-refractivity contribution < 1.29 is 42.7 Å². The van der Waals surface area contributed by atoms with Crippen LogP contribution in [0.3, 0.4) is 0 Å². The number of benzene rings is 3. The van der Waals surface area contributed by atoms with Gasteiger partial charge in [0, 0.05) is 12.1 Å². The molecular formula is C32H37NO9. The normalized spacial score (nSPS) is 13.2. The zero-order valence-electron chi connectivity index (χ0n) is 25.3. The standard InChI is InChI=1S/C32H37NO9/c1-35-24-17-21-9-10-33(30(34)16-20-14-28(39-5)32(42-8)29(15-20)40-6)23(22(21)18-25(24)36-2)11-19-12-26(37-3)31(41-7)27(13-19)38-4/h11-15,17-18H,9-10,16H2,1-8H3/b23-11-. The number of rotatable bonds is 11. The Labute approximate surface area is 246 Å². The number of ether oxygens (including phenoxy) is 8. The van der Waals surface area contributed by atoms with Crippen molar-refractivity contribution in [2.45, 2.75) is 12.8 Å². The Kier molecular flexibility index (Phi) is 9.57. The largest absolute Gasteiger partial charge is 0.493 e. The van der Waals surface area contributed by atoms with Gasteiger partial charge in [0.15, 0.2) is 34.5 Å². The molecule has 10 heteroatoms. The van der Waals surface area contributed by atoms with Crippen LogP contribution in [0, 0.1) is 0 Å². The molecule has 0 aliphatic carbocycles. The number of hydrogen-bond acceptors (Lipinski definition) is 9. The molecule has 0 fully saturated rings. The van der Waals surface area contributed by atoms with Crippen molar-refractivity contribution in [3.05, 3.63) is 58.7 Å². The molecule has 1 amide bonds. The summed E-state index contributed by atoms with van der Waals surface area (Å²) in [5, 5.41) is 0. The molecule has 42 heavy (non-hydrogen) atoms. The Morgan fingerprint density at radius 1 is 0.643 bits per heavy atom. The van der Waals surface area contributed by atoms with Crippen molar-refractivity contribution in [3.63, 3.8) is 0 Å². The Morgan fingerprint density at radius 2 is 1.12 bits per heavy atom. The van der Waals surface area contributed by atoms with Gasteiger partial charge in [-0.05, 0) is 65.6 Å². The molecule has 3 aromatic carbocycles. The Balaban J connectivity index is 1.84. The molecule has 0 saturated carbocycles. The smallest absolute Gasteiger partial charge is 0.231 e. The zero-order chi connectivity index (χ0) is 30.4. The van der Waals surface area contributed by atoms with Gasteiger partial charge < -0.3 is 42.8 Å². The number of nitrogens with zero attached hydrogens (tertiary/aromatic N) is 1. The second-order valence-electron chi connectivity index (χ2n) is 9.36. The highest BCUT2D eigenvalue weighted by Crippen LogP contribution is 2.43. The van der Waals surface area contributed by atoms with Gasteiger partial charge in [0.2, 0.25) is 17.4 Å². The number of fused-ring (bicyclic) bond motifs is 1. The second kappa shape index (κ2) is 13.3. The third kappa shape index (κ3) is 5.83. The molecule has 0 atom stereocenters. The molecule has 0 N–H and O–H groups in total. The average Bonchev–Trinajstić information content (AvgIpc) is 3.02. The minimum absolute atomic E-state index is 0.103. The minimum Gasteiger partial charge on any atom is -0.493 e. The van der Waals surface area contributed by atoms with Crippen LogP contribution in [0.2, 0.25) is 0 Å². The topological polar surface area (TPSA) is 94.2 Å². The molecule has 1 aliphatic heterocycles. The monoisotopic (exact) mass is 579 g/mol. The maximum atomic E-state index is 14.0. The van der Waals surface area contributed by atoms with E-state index in [-0.39, 0.29) is 12.3 Å². The van der Waals surface area contributed by atoms with Crippen molar-refractivity contribution in [1.82, 2.24) is 4.90 Å². The number of hydrogen-bond donors (Lipinski definition) is 0. The average molecular weight is 580 g/mol. The van der Waals surface area contributed by atoms with Gasteiger partial charge >= 0.3 is 0 Å². The predicted molar refractivity (Wildman–Crippen MR) is 159 cm³/mol. The fourth-order valence-corrected chi connectivity index (χ4v) is 5.13. The summed E-state index contributed by atoms with van der Waals surface area (Å²) in [6.45, 7) is 0.460. The summed E-state index contributed by atoms with van der Waals surface area (Å²) in [7, 11) is 12.5. The lowest BCUT2D eigenvalue weighted by molar-refractivity contribution is -0.127. The summed E-state index contributed by atoms with van der Waals surface area (Å²) < 4.78 is 44.3. The molecule has 0 aromatic heterocycles. The van der Waals surface area contributed by atoms with Crippen LogP contribution in [-0.2, 0) is 17.6 Å². The van der Waals surface area contributed by atoms with Gasteiger partial charge in [-0.15, -0.1) is 0 Å². The first-order chi connectivity index (χ1) is 20.3. The maximum Gasteiger partial charge on any atom is 0.231 e. The Hall–Kier alpha value is -4.73. The highest BCUT2D eigenvalue weighted by Gasteiger charge is 2.29. The lowest BCUT2D eigenvalue weighted by atomic mass is 9.93. The van der Waals surface area contributed by atoms with Gasteiger partial charge in [0.25, 0.3) is 0 Å². The summed E-state index contributed by atoms with van der Waals surface area (Å²) in [5.74, 6) is 3.99. The van der Waals surface area contributed by atoms with Crippen LogP contribution >= 0.6 is 0 Å². The summed E-state index contributed by atoms with van der Waals surface area (Å²) in [6, 6.07) is 11.1. The molecule has 0 saturated heterocycles. The fourth-order valence-electron chi connectivity index (χ4n) is 5.13. The van der Waals surface area contributed by atoms with Crippen LogP contribution < -0.4 is 37.9 Å². The van der Waals surface area contributed by atoms with Crippen molar-refractivity contribution in [1.29, 1.82) is 0 Å². The maximum absolute atomic E-state index is 14.0. The molecule has 4 rings (SSSR count). The van der Waals surface area contributed by atoms with Gasteiger partial charge in [0.05, 0.1) is 69.0 Å². The Bertz CT molecular complexity index is 1430. The number of carbonyl (C=O) groups excluding carboxylic acids is 1. The summed E-state index contributed by atoms with van der Waals surface area (Å²) >= 11 is 0. The van der Waals surface area contributed by atoms with Crippen LogP contribution in [0.5, 0.6) is 46.0 Å². The molecule has 0 bridgehead atoms. The second-order valence-corrected chi connectivity index (χ2v) is 9.36. The zero-order valence-corrected chi connectivity index (χ0v) is 25.3. The number of amides is 1. The van der Waals surface area contributed by atoms with Crippen LogP contribution in [0.25, 0.3) is 11.8 Å². The molecule has 0 unspecified atom stereocenters. The first-order valence-corrected chi connectivity index (χ1v) is 13.2. The van der Waals surface area contributed by atoms with E-state index in [0.717, 1.165) is 22.3 Å². The van der Waals surface area contributed by atoms with Crippen LogP contribution in [0.1, 0.15) is 22.3 Å². The highest BCUT2D eigenvalue weighted by molar-refractivity contribution is 5.95. The molecule has 0 spiro atoms. The van der Waals surface area contributed by atoms with E-state index in [9.17, 15) is 4.79 Å². The number of carbonyl (C=O) groups is 1. The van der Waals surface area contributed by atoms with E-state index in [1.807, 2.05) is 30.3 Å². The van der Waals surface area contributed by atoms with Crippen LogP contribution in [0.4, 0.5) is 0 Å². The number of methoxy groups -OCH3 is 8. The van der Waals surface area contributed by atoms with E-state index >= 15 is 0 Å². The van der Waals surface area contributed by atoms with E-state index in [2.05, 4.69) is 0 Å². The van der Waals surface area contributed by atoms with E-state index in [1.165, 1.54) is 0 Å². The van der Waals surface area contributed by atoms with Gasteiger partial charge in [0.1, 0.15) is 0 Å². The van der Waals surface area contributed by atoms with Crippen molar-refractivity contribution >= 4 is 17.7 Å². The summed E-state index contributed by atoms with van der Waals surface area (Å²) in [4.78, 5) is 15.8. The predicted octanol–water partition coefficient (Wildman–Crippen LogP) is 4.88. The van der Waals surface area contributed by atoms with E-state index in [1.54, 1.807) is 73.9 Å². The third-order valence-electron chi connectivity index (χ3n) is 7.15.